The first-order valence-corrected chi connectivity index (χ1v) is 10.3. The number of carbonyl (C=O) groups is 2. The monoisotopic (exact) mass is 475 g/mol. The third-order valence-electron chi connectivity index (χ3n) is 4.41. The van der Waals surface area contributed by atoms with Crippen molar-refractivity contribution < 1.29 is 24.2 Å². The Morgan fingerprint density at radius 1 is 1.20 bits per heavy atom. The maximum atomic E-state index is 12.1. The highest BCUT2D eigenvalue weighted by atomic mass is 79.9. The van der Waals surface area contributed by atoms with Crippen molar-refractivity contribution in [3.63, 3.8) is 0 Å². The Morgan fingerprint density at radius 3 is 2.43 bits per heavy atom. The van der Waals surface area contributed by atoms with Gasteiger partial charge in [-0.3, -0.25) is 4.79 Å². The van der Waals surface area contributed by atoms with Crippen LogP contribution in [0.25, 0.3) is 6.08 Å². The zero-order valence-electron chi connectivity index (χ0n) is 17.4. The van der Waals surface area contributed by atoms with Crippen LogP contribution in [0.5, 0.6) is 11.5 Å². The third kappa shape index (κ3) is 6.62. The van der Waals surface area contributed by atoms with E-state index in [-0.39, 0.29) is 5.92 Å². The minimum Gasteiger partial charge on any atom is -0.493 e. The molecule has 0 aliphatic carbocycles. The molecule has 0 radical (unpaired) electrons. The number of aliphatic carboxylic acids is 1. The maximum Gasteiger partial charge on any atom is 0.326 e. The van der Waals surface area contributed by atoms with Crippen LogP contribution in [-0.2, 0) is 16.2 Å². The van der Waals surface area contributed by atoms with Crippen LogP contribution in [0.2, 0.25) is 0 Å². The molecule has 2 N–H and O–H groups in total. The molecule has 0 saturated heterocycles. The number of hydrogen-bond acceptors (Lipinski definition) is 4. The molecule has 0 bridgehead atoms. The van der Waals surface area contributed by atoms with Crippen molar-refractivity contribution in [2.45, 2.75) is 33.4 Å². The van der Waals surface area contributed by atoms with Crippen LogP contribution in [0.1, 0.15) is 30.5 Å². The number of rotatable bonds is 9. The standard InChI is InChI=1S/C23H26BrNO5/c1-14(2)21(23(27)28)25-20(26)10-9-17-11-18(24)22(19(12-17)29-4)30-13-16-7-5-15(3)6-8-16/h5-12,14,21H,13H2,1-4H3,(H,25,26)(H,27,28)/b10-9+. The lowest BCUT2D eigenvalue weighted by Gasteiger charge is -2.16. The normalized spacial score (nSPS) is 12.1. The number of amides is 1. The molecule has 160 valence electrons. The molecular weight excluding hydrogens is 450 g/mol. The molecule has 0 aliphatic rings. The number of methoxy groups -OCH3 is 1. The zero-order valence-corrected chi connectivity index (χ0v) is 19.0. The Labute approximate surface area is 185 Å². The third-order valence-corrected chi connectivity index (χ3v) is 5.00. The van der Waals surface area contributed by atoms with Gasteiger partial charge < -0.3 is 19.9 Å². The van der Waals surface area contributed by atoms with Gasteiger partial charge in [0, 0.05) is 6.08 Å². The lowest BCUT2D eigenvalue weighted by molar-refractivity contribution is -0.142. The van der Waals surface area contributed by atoms with Gasteiger partial charge in [-0.2, -0.15) is 0 Å². The molecule has 0 saturated carbocycles. The Hall–Kier alpha value is -2.80. The molecule has 2 aromatic carbocycles. The van der Waals surface area contributed by atoms with Gasteiger partial charge in [0.05, 0.1) is 11.6 Å². The second-order valence-corrected chi connectivity index (χ2v) is 8.06. The minimum atomic E-state index is -1.06. The number of carboxylic acids is 1. The van der Waals surface area contributed by atoms with Gasteiger partial charge >= 0.3 is 5.97 Å². The first kappa shape index (κ1) is 23.5. The molecule has 0 fully saturated rings. The summed E-state index contributed by atoms with van der Waals surface area (Å²) in [6.45, 7) is 5.89. The Balaban J connectivity index is 2.12. The summed E-state index contributed by atoms with van der Waals surface area (Å²) in [7, 11) is 1.54. The summed E-state index contributed by atoms with van der Waals surface area (Å²) < 4.78 is 12.1. The summed E-state index contributed by atoms with van der Waals surface area (Å²) in [5, 5.41) is 11.7. The van der Waals surface area contributed by atoms with Crippen LogP contribution in [-0.4, -0.2) is 30.1 Å². The highest BCUT2D eigenvalue weighted by molar-refractivity contribution is 9.10. The van der Waals surface area contributed by atoms with Gasteiger partial charge in [-0.25, -0.2) is 4.79 Å². The number of carboxylic acid groups (broad SMARTS) is 1. The number of nitrogens with one attached hydrogen (secondary N) is 1. The molecule has 2 rings (SSSR count). The second kappa shape index (κ2) is 10.8. The van der Waals surface area contributed by atoms with Crippen LogP contribution in [0.3, 0.4) is 0 Å². The molecule has 1 unspecified atom stereocenters. The highest BCUT2D eigenvalue weighted by Crippen LogP contribution is 2.37. The largest absolute Gasteiger partial charge is 0.493 e. The molecule has 30 heavy (non-hydrogen) atoms. The summed E-state index contributed by atoms with van der Waals surface area (Å²) in [6, 6.07) is 10.7. The van der Waals surface area contributed by atoms with Crippen molar-refractivity contribution in [1.82, 2.24) is 5.32 Å². The van der Waals surface area contributed by atoms with Crippen LogP contribution in [0, 0.1) is 12.8 Å². The van der Waals surface area contributed by atoms with Gasteiger partial charge in [-0.1, -0.05) is 43.7 Å². The predicted octanol–water partition coefficient (Wildman–Crippen LogP) is 4.58. The summed E-state index contributed by atoms with van der Waals surface area (Å²) in [6.07, 6.45) is 2.89. The Morgan fingerprint density at radius 2 is 1.87 bits per heavy atom. The first-order valence-electron chi connectivity index (χ1n) is 9.48. The Kier molecular flexibility index (Phi) is 8.47. The molecular formula is C23H26BrNO5. The maximum absolute atomic E-state index is 12.1. The molecule has 7 heteroatoms. The van der Waals surface area contributed by atoms with Gasteiger partial charge in [-0.05, 0) is 58.1 Å². The average molecular weight is 476 g/mol. The fraction of sp³-hybridized carbons (Fsp3) is 0.304. The molecule has 2 aromatic rings. The molecule has 0 aliphatic heterocycles. The smallest absolute Gasteiger partial charge is 0.326 e. The van der Waals surface area contributed by atoms with Crippen LogP contribution >= 0.6 is 15.9 Å². The van der Waals surface area contributed by atoms with E-state index < -0.39 is 17.9 Å². The van der Waals surface area contributed by atoms with E-state index in [2.05, 4.69) is 21.2 Å². The molecule has 6 nitrogen and oxygen atoms in total. The van der Waals surface area contributed by atoms with Crippen molar-refractivity contribution in [1.29, 1.82) is 0 Å². The van der Waals surface area contributed by atoms with Gasteiger partial charge in [-0.15, -0.1) is 0 Å². The van der Waals surface area contributed by atoms with Crippen LogP contribution in [0.4, 0.5) is 0 Å². The van der Waals surface area contributed by atoms with Crippen LogP contribution in [0.15, 0.2) is 46.9 Å². The van der Waals surface area contributed by atoms with E-state index in [0.717, 1.165) is 5.56 Å². The lowest BCUT2D eigenvalue weighted by Crippen LogP contribution is -2.43. The van der Waals surface area contributed by atoms with E-state index >= 15 is 0 Å². The van der Waals surface area contributed by atoms with Crippen molar-refractivity contribution in [3.05, 3.63) is 63.6 Å². The van der Waals surface area contributed by atoms with Crippen molar-refractivity contribution in [3.8, 4) is 11.5 Å². The number of halogens is 1. The Bertz CT molecular complexity index is 922. The molecule has 0 heterocycles. The fourth-order valence-electron chi connectivity index (χ4n) is 2.70. The summed E-state index contributed by atoms with van der Waals surface area (Å²) in [4.78, 5) is 23.3. The predicted molar refractivity (Wildman–Crippen MR) is 120 cm³/mol. The van der Waals surface area contributed by atoms with Gasteiger partial charge in [0.25, 0.3) is 0 Å². The fourth-order valence-corrected chi connectivity index (χ4v) is 3.28. The van der Waals surface area contributed by atoms with E-state index in [1.54, 1.807) is 39.2 Å². The molecule has 0 aromatic heterocycles. The first-order chi connectivity index (χ1) is 14.2. The summed E-state index contributed by atoms with van der Waals surface area (Å²) >= 11 is 3.49. The minimum absolute atomic E-state index is 0.223. The van der Waals surface area contributed by atoms with Crippen molar-refractivity contribution in [2.75, 3.05) is 7.11 Å². The van der Waals surface area contributed by atoms with Gasteiger partial charge in [0.2, 0.25) is 5.91 Å². The van der Waals surface area contributed by atoms with E-state index in [1.807, 2.05) is 31.2 Å². The number of benzene rings is 2. The number of hydrogen-bond donors (Lipinski definition) is 2. The number of ether oxygens (including phenoxy) is 2. The van der Waals surface area contributed by atoms with E-state index in [9.17, 15) is 14.7 Å². The van der Waals surface area contributed by atoms with E-state index in [1.165, 1.54) is 11.6 Å². The quantitative estimate of drug-likeness (QED) is 0.518. The SMILES string of the molecule is COc1cc(/C=C/C(=O)NC(C(=O)O)C(C)C)cc(Br)c1OCc1ccc(C)cc1. The number of carbonyl (C=O) groups excluding carboxylic acids is 1. The van der Waals surface area contributed by atoms with Crippen LogP contribution < -0.4 is 14.8 Å². The van der Waals surface area contributed by atoms with E-state index in [0.29, 0.717) is 28.1 Å². The summed E-state index contributed by atoms with van der Waals surface area (Å²) in [5.74, 6) is -0.691. The second-order valence-electron chi connectivity index (χ2n) is 7.21. The lowest BCUT2D eigenvalue weighted by atomic mass is 10.0. The number of aryl methyl sites for hydroxylation is 1. The van der Waals surface area contributed by atoms with Crippen molar-refractivity contribution >= 4 is 33.9 Å². The summed E-state index contributed by atoms with van der Waals surface area (Å²) in [5.41, 5.74) is 2.92. The van der Waals surface area contributed by atoms with Gasteiger partial charge in [0.15, 0.2) is 11.5 Å². The molecule has 0 spiro atoms. The van der Waals surface area contributed by atoms with Crippen molar-refractivity contribution in [2.24, 2.45) is 5.92 Å². The highest BCUT2D eigenvalue weighted by Gasteiger charge is 2.22. The zero-order chi connectivity index (χ0) is 22.3. The topological polar surface area (TPSA) is 84.9 Å². The average Bonchev–Trinajstić information content (AvgIpc) is 2.70. The van der Waals surface area contributed by atoms with Gasteiger partial charge in [0.1, 0.15) is 12.6 Å². The molecule has 1 amide bonds. The molecule has 1 atom stereocenters. The van der Waals surface area contributed by atoms with E-state index in [4.69, 9.17) is 9.47 Å².